The molecule has 1 aliphatic rings. The van der Waals surface area contributed by atoms with Gasteiger partial charge in [-0.2, -0.15) is 0 Å². The number of benzene rings is 2. The third-order valence-corrected chi connectivity index (χ3v) is 4.96. The molecule has 7 nitrogen and oxygen atoms in total. The Morgan fingerprint density at radius 1 is 1.10 bits per heavy atom. The van der Waals surface area contributed by atoms with Crippen LogP contribution in [0.5, 0.6) is 0 Å². The number of aromatic amines is 1. The van der Waals surface area contributed by atoms with Gasteiger partial charge in [-0.1, -0.05) is 36.4 Å². The van der Waals surface area contributed by atoms with Gasteiger partial charge in [0.05, 0.1) is 6.42 Å². The van der Waals surface area contributed by atoms with E-state index in [-0.39, 0.29) is 12.2 Å². The number of esters is 1. The molecule has 0 spiro atoms. The van der Waals surface area contributed by atoms with E-state index in [0.717, 1.165) is 15.8 Å². The number of Topliss-reactive ketones (excluding diaryl/α,β-unsaturated/α-hetero) is 1. The van der Waals surface area contributed by atoms with Crippen molar-refractivity contribution in [2.24, 2.45) is 0 Å². The van der Waals surface area contributed by atoms with E-state index in [2.05, 4.69) is 4.98 Å². The Morgan fingerprint density at radius 2 is 1.83 bits per heavy atom. The molecule has 0 radical (unpaired) electrons. The third kappa shape index (κ3) is 3.42. The summed E-state index contributed by atoms with van der Waals surface area (Å²) in [5.74, 6) is -2.19. The van der Waals surface area contributed by atoms with Gasteiger partial charge < -0.3 is 9.72 Å². The van der Waals surface area contributed by atoms with Gasteiger partial charge in [0.1, 0.15) is 6.54 Å². The Labute approximate surface area is 166 Å². The van der Waals surface area contributed by atoms with Crippen LogP contribution in [0.4, 0.5) is 0 Å². The molecule has 0 saturated carbocycles. The topological polar surface area (TPSA) is 96.5 Å². The van der Waals surface area contributed by atoms with E-state index in [9.17, 15) is 19.2 Å². The van der Waals surface area contributed by atoms with Crippen molar-refractivity contribution >= 4 is 34.5 Å². The van der Waals surface area contributed by atoms with Crippen LogP contribution in [0.25, 0.3) is 10.9 Å². The summed E-state index contributed by atoms with van der Waals surface area (Å²) < 4.78 is 5.22. The summed E-state index contributed by atoms with van der Waals surface area (Å²) in [5, 5.41) is 0.735. The molecule has 29 heavy (non-hydrogen) atoms. The zero-order valence-corrected chi connectivity index (χ0v) is 15.7. The second kappa shape index (κ2) is 7.35. The second-order valence-electron chi connectivity index (χ2n) is 6.86. The lowest BCUT2D eigenvalue weighted by atomic mass is 9.98. The number of H-pyrrole nitrogens is 1. The lowest BCUT2D eigenvalue weighted by Crippen LogP contribution is -2.46. The fourth-order valence-corrected chi connectivity index (χ4v) is 3.47. The van der Waals surface area contributed by atoms with Crippen LogP contribution in [0.3, 0.4) is 0 Å². The molecule has 2 aromatic carbocycles. The maximum atomic E-state index is 12.7. The van der Waals surface area contributed by atoms with Crippen molar-refractivity contribution in [2.75, 3.05) is 6.54 Å². The first-order valence-electron chi connectivity index (χ1n) is 9.18. The highest BCUT2D eigenvalue weighted by atomic mass is 16.5. The van der Waals surface area contributed by atoms with Crippen LogP contribution >= 0.6 is 0 Å². The zero-order chi connectivity index (χ0) is 20.5. The molecule has 2 amide bonds. The highest BCUT2D eigenvalue weighted by Crippen LogP contribution is 2.21. The molecule has 0 fully saturated rings. The molecule has 2 heterocycles. The van der Waals surface area contributed by atoms with Crippen molar-refractivity contribution in [3.8, 4) is 0 Å². The minimum absolute atomic E-state index is 0.0407. The summed E-state index contributed by atoms with van der Waals surface area (Å²) in [6, 6.07) is 14.1. The van der Waals surface area contributed by atoms with E-state index in [1.807, 2.05) is 18.2 Å². The van der Waals surface area contributed by atoms with E-state index in [4.69, 9.17) is 4.74 Å². The zero-order valence-electron chi connectivity index (χ0n) is 15.7. The molecule has 1 N–H and O–H groups in total. The van der Waals surface area contributed by atoms with Gasteiger partial charge in [-0.05, 0) is 24.6 Å². The number of ether oxygens (including phenoxy) is 1. The van der Waals surface area contributed by atoms with Crippen LogP contribution in [-0.2, 0) is 20.7 Å². The number of hydrogen-bond donors (Lipinski definition) is 1. The normalized spacial score (nSPS) is 14.6. The molecule has 0 saturated heterocycles. The van der Waals surface area contributed by atoms with Crippen LogP contribution in [0.15, 0.2) is 54.7 Å². The Hall–Kier alpha value is -3.74. The summed E-state index contributed by atoms with van der Waals surface area (Å²) in [7, 11) is 0. The molecule has 0 unspecified atom stereocenters. The molecule has 146 valence electrons. The smallest absolute Gasteiger partial charge is 0.326 e. The van der Waals surface area contributed by atoms with Gasteiger partial charge in [0.15, 0.2) is 6.10 Å². The number of para-hydroxylation sites is 1. The van der Waals surface area contributed by atoms with E-state index in [1.54, 1.807) is 36.5 Å². The maximum absolute atomic E-state index is 12.7. The van der Waals surface area contributed by atoms with E-state index in [1.165, 1.54) is 6.92 Å². The van der Waals surface area contributed by atoms with Crippen LogP contribution in [0.1, 0.15) is 33.2 Å². The molecule has 0 bridgehead atoms. The van der Waals surface area contributed by atoms with Gasteiger partial charge in [-0.25, -0.2) is 0 Å². The number of aromatic nitrogens is 1. The maximum Gasteiger partial charge on any atom is 0.326 e. The second-order valence-corrected chi connectivity index (χ2v) is 6.86. The summed E-state index contributed by atoms with van der Waals surface area (Å²) >= 11 is 0. The monoisotopic (exact) mass is 390 g/mol. The molecule has 3 aromatic rings. The standard InChI is InChI=1S/C22H18N2O5/c1-13(21(27)17-11-23-18-9-5-4-8-16(17)18)29-20(26)12-24-19(25)10-14-6-2-3-7-15(14)22(24)28/h2-9,11,13,23H,10,12H2,1H3/t13-/m0/s1. The molecule has 1 aliphatic heterocycles. The van der Waals surface area contributed by atoms with Crippen molar-refractivity contribution in [2.45, 2.75) is 19.4 Å². The van der Waals surface area contributed by atoms with Crippen molar-refractivity contribution in [3.05, 3.63) is 71.4 Å². The number of nitrogens with one attached hydrogen (secondary N) is 1. The van der Waals surface area contributed by atoms with Gasteiger partial charge in [0.25, 0.3) is 5.91 Å². The SMILES string of the molecule is C[C@H](OC(=O)CN1C(=O)Cc2ccccc2C1=O)C(=O)c1c[nH]c2ccccc12. The number of ketones is 1. The van der Waals surface area contributed by atoms with Crippen LogP contribution in [-0.4, -0.2) is 46.1 Å². The lowest BCUT2D eigenvalue weighted by Gasteiger charge is -2.26. The minimum atomic E-state index is -1.05. The fourth-order valence-electron chi connectivity index (χ4n) is 3.47. The lowest BCUT2D eigenvalue weighted by molar-refractivity contribution is -0.150. The van der Waals surface area contributed by atoms with E-state index >= 15 is 0 Å². The third-order valence-electron chi connectivity index (χ3n) is 4.96. The number of carbonyl (C=O) groups excluding carboxylic acids is 4. The van der Waals surface area contributed by atoms with Crippen LogP contribution in [0.2, 0.25) is 0 Å². The predicted molar refractivity (Wildman–Crippen MR) is 104 cm³/mol. The van der Waals surface area contributed by atoms with Gasteiger partial charge in [-0.3, -0.25) is 24.1 Å². The molecular weight excluding hydrogens is 372 g/mol. The quantitative estimate of drug-likeness (QED) is 0.410. The highest BCUT2D eigenvalue weighted by Gasteiger charge is 2.33. The molecular formula is C22H18N2O5. The summed E-state index contributed by atoms with van der Waals surface area (Å²) in [6.45, 7) is 0.939. The molecule has 4 rings (SSSR count). The van der Waals surface area contributed by atoms with Crippen molar-refractivity contribution < 1.29 is 23.9 Å². The average Bonchev–Trinajstić information content (AvgIpc) is 3.14. The molecule has 1 aromatic heterocycles. The van der Waals surface area contributed by atoms with Crippen molar-refractivity contribution in [1.29, 1.82) is 0 Å². The molecule has 7 heteroatoms. The van der Waals surface area contributed by atoms with Crippen LogP contribution in [0, 0.1) is 0 Å². The van der Waals surface area contributed by atoms with Crippen molar-refractivity contribution in [3.63, 3.8) is 0 Å². The summed E-state index contributed by atoms with van der Waals surface area (Å²) in [6.07, 6.45) is 0.564. The Morgan fingerprint density at radius 3 is 2.66 bits per heavy atom. The average molecular weight is 390 g/mol. The minimum Gasteiger partial charge on any atom is -0.453 e. The number of rotatable bonds is 5. The first-order chi connectivity index (χ1) is 14.0. The number of amides is 2. The first-order valence-corrected chi connectivity index (χ1v) is 9.18. The largest absolute Gasteiger partial charge is 0.453 e. The van der Waals surface area contributed by atoms with Gasteiger partial charge in [0.2, 0.25) is 11.7 Å². The predicted octanol–water partition coefficient (Wildman–Crippen LogP) is 2.51. The summed E-state index contributed by atoms with van der Waals surface area (Å²) in [5.41, 5.74) is 2.25. The summed E-state index contributed by atoms with van der Waals surface area (Å²) in [4.78, 5) is 53.7. The van der Waals surface area contributed by atoms with Crippen LogP contribution < -0.4 is 0 Å². The number of fused-ring (bicyclic) bond motifs is 2. The number of nitrogens with zero attached hydrogens (tertiary/aromatic N) is 1. The molecule has 0 aliphatic carbocycles. The van der Waals surface area contributed by atoms with Gasteiger partial charge >= 0.3 is 5.97 Å². The first kappa shape index (κ1) is 18.6. The number of carbonyl (C=O) groups is 4. The van der Waals surface area contributed by atoms with Gasteiger partial charge in [-0.15, -0.1) is 0 Å². The number of imide groups is 1. The van der Waals surface area contributed by atoms with Crippen molar-refractivity contribution in [1.82, 2.24) is 9.88 Å². The molecule has 1 atom stereocenters. The number of hydrogen-bond acceptors (Lipinski definition) is 5. The Bertz CT molecular complexity index is 1150. The highest BCUT2D eigenvalue weighted by molar-refractivity contribution is 6.12. The Balaban J connectivity index is 1.45. The van der Waals surface area contributed by atoms with E-state index in [0.29, 0.717) is 16.7 Å². The fraction of sp³-hybridized carbons (Fsp3) is 0.182. The Kier molecular flexibility index (Phi) is 4.72. The van der Waals surface area contributed by atoms with Gasteiger partial charge in [0, 0.05) is 28.2 Å². The van der Waals surface area contributed by atoms with E-state index < -0.39 is 30.4 Å².